The maximum absolute atomic E-state index is 12.6. The number of rotatable bonds is 7. The van der Waals surface area contributed by atoms with Crippen molar-refractivity contribution in [3.63, 3.8) is 0 Å². The van der Waals surface area contributed by atoms with Gasteiger partial charge in [-0.1, -0.05) is 18.2 Å². The molecule has 0 radical (unpaired) electrons. The maximum Gasteiger partial charge on any atom is 0.340 e. The lowest BCUT2D eigenvalue weighted by Gasteiger charge is -2.13. The molecular weight excluding hydrogens is 396 g/mol. The number of benzene rings is 2. The van der Waals surface area contributed by atoms with Crippen LogP contribution < -0.4 is 20.4 Å². The monoisotopic (exact) mass is 420 g/mol. The molecule has 0 fully saturated rings. The molecule has 0 aliphatic rings. The van der Waals surface area contributed by atoms with Crippen molar-refractivity contribution in [3.8, 4) is 11.5 Å². The van der Waals surface area contributed by atoms with Crippen molar-refractivity contribution in [2.75, 3.05) is 20.8 Å². The molecule has 1 N–H and O–H groups in total. The van der Waals surface area contributed by atoms with Crippen LogP contribution in [-0.4, -0.2) is 31.2 Å². The summed E-state index contributed by atoms with van der Waals surface area (Å²) >= 11 is 0. The van der Waals surface area contributed by atoms with Gasteiger partial charge in [0.2, 0.25) is 5.91 Å². The third-order valence-corrected chi connectivity index (χ3v) is 5.46. The van der Waals surface area contributed by atoms with Crippen molar-refractivity contribution in [2.45, 2.75) is 19.9 Å². The minimum Gasteiger partial charge on any atom is -0.496 e. The number of carbonyl (C=O) groups is 1. The van der Waals surface area contributed by atoms with Crippen LogP contribution in [0.25, 0.3) is 21.9 Å². The van der Waals surface area contributed by atoms with Crippen LogP contribution in [0.15, 0.2) is 57.9 Å². The molecule has 0 unspecified atom stereocenters. The molecule has 4 aromatic rings. The van der Waals surface area contributed by atoms with Gasteiger partial charge in [-0.15, -0.1) is 0 Å². The number of hydrogen-bond acceptors (Lipinski definition) is 5. The first-order chi connectivity index (χ1) is 15.0. The molecule has 0 aliphatic heterocycles. The highest BCUT2D eigenvalue weighted by Crippen LogP contribution is 2.33. The van der Waals surface area contributed by atoms with E-state index in [1.54, 1.807) is 19.1 Å². The minimum atomic E-state index is -0.535. The van der Waals surface area contributed by atoms with Crippen LogP contribution in [0.3, 0.4) is 0 Å². The number of para-hydroxylation sites is 1. The van der Waals surface area contributed by atoms with Crippen LogP contribution in [0, 0.1) is 6.92 Å². The minimum absolute atomic E-state index is 0.0638. The lowest BCUT2D eigenvalue weighted by atomic mass is 10.0. The molecule has 1 amide bonds. The summed E-state index contributed by atoms with van der Waals surface area (Å²) in [4.78, 5) is 25.1. The topological polar surface area (TPSA) is 82.7 Å². The number of ether oxygens (including phenoxy) is 2. The van der Waals surface area contributed by atoms with Crippen molar-refractivity contribution in [3.05, 3.63) is 70.2 Å². The molecular formula is C24H24N2O5. The van der Waals surface area contributed by atoms with Crippen LogP contribution in [0.4, 0.5) is 0 Å². The molecule has 2 heterocycles. The van der Waals surface area contributed by atoms with Crippen molar-refractivity contribution in [1.82, 2.24) is 9.88 Å². The zero-order chi connectivity index (χ0) is 22.0. The number of nitrogens with one attached hydrogen (secondary N) is 1. The second-order valence-electron chi connectivity index (χ2n) is 7.29. The van der Waals surface area contributed by atoms with Crippen molar-refractivity contribution in [2.24, 2.45) is 0 Å². The highest BCUT2D eigenvalue weighted by Gasteiger charge is 2.18. The first-order valence-corrected chi connectivity index (χ1v) is 10.0. The van der Waals surface area contributed by atoms with E-state index in [1.165, 1.54) is 14.2 Å². The van der Waals surface area contributed by atoms with E-state index >= 15 is 0 Å². The average Bonchev–Trinajstić information content (AvgIpc) is 3.18. The number of methoxy groups -OCH3 is 2. The molecule has 0 saturated heterocycles. The number of aryl methyl sites for hydroxylation is 1. The fourth-order valence-electron chi connectivity index (χ4n) is 3.84. The van der Waals surface area contributed by atoms with Gasteiger partial charge in [-0.05, 0) is 30.0 Å². The molecule has 0 spiro atoms. The maximum atomic E-state index is 12.6. The first kappa shape index (κ1) is 20.5. The van der Waals surface area contributed by atoms with E-state index in [0.29, 0.717) is 46.7 Å². The second-order valence-corrected chi connectivity index (χ2v) is 7.29. The molecule has 0 saturated carbocycles. The number of fused-ring (bicyclic) bond motifs is 2. The largest absolute Gasteiger partial charge is 0.496 e. The summed E-state index contributed by atoms with van der Waals surface area (Å²) in [7, 11) is 3.07. The summed E-state index contributed by atoms with van der Waals surface area (Å²) in [6.07, 6.45) is 1.94. The Morgan fingerprint density at radius 3 is 2.71 bits per heavy atom. The molecule has 2 aromatic heterocycles. The van der Waals surface area contributed by atoms with Gasteiger partial charge in [-0.25, -0.2) is 4.79 Å². The quantitative estimate of drug-likeness (QED) is 0.463. The first-order valence-electron chi connectivity index (χ1n) is 10.0. The smallest absolute Gasteiger partial charge is 0.340 e. The van der Waals surface area contributed by atoms with E-state index in [-0.39, 0.29) is 12.3 Å². The Morgan fingerprint density at radius 1 is 1.13 bits per heavy atom. The molecule has 4 rings (SSSR count). The number of aromatic nitrogens is 1. The molecule has 0 bridgehead atoms. The van der Waals surface area contributed by atoms with Gasteiger partial charge in [0.1, 0.15) is 17.1 Å². The van der Waals surface area contributed by atoms with Crippen LogP contribution >= 0.6 is 0 Å². The van der Waals surface area contributed by atoms with Gasteiger partial charge in [0, 0.05) is 36.9 Å². The van der Waals surface area contributed by atoms with Gasteiger partial charge >= 0.3 is 5.63 Å². The fourth-order valence-corrected chi connectivity index (χ4v) is 3.84. The number of nitrogens with zero attached hydrogens (tertiary/aromatic N) is 1. The molecule has 7 nitrogen and oxygen atoms in total. The second kappa shape index (κ2) is 8.55. The zero-order valence-corrected chi connectivity index (χ0v) is 17.7. The summed E-state index contributed by atoms with van der Waals surface area (Å²) in [5.74, 6) is 0.811. The SMILES string of the molecule is COc1cc(OC)c2c(C)c(CC(=O)NCCn3ccc4ccccc43)c(=O)oc2c1. The predicted octanol–water partition coefficient (Wildman–Crippen LogP) is 3.43. The molecule has 31 heavy (non-hydrogen) atoms. The van der Waals surface area contributed by atoms with Gasteiger partial charge in [-0.3, -0.25) is 4.79 Å². The molecule has 7 heteroatoms. The highest BCUT2D eigenvalue weighted by molar-refractivity contribution is 5.90. The van der Waals surface area contributed by atoms with Crippen molar-refractivity contribution in [1.29, 1.82) is 0 Å². The Balaban J connectivity index is 1.51. The summed E-state index contributed by atoms with van der Waals surface area (Å²) < 4.78 is 18.2. The predicted molar refractivity (Wildman–Crippen MR) is 119 cm³/mol. The van der Waals surface area contributed by atoms with Gasteiger partial charge in [0.05, 0.1) is 31.6 Å². The summed E-state index contributed by atoms with van der Waals surface area (Å²) in [5, 5.41) is 4.71. The van der Waals surface area contributed by atoms with E-state index in [1.807, 2.05) is 30.5 Å². The van der Waals surface area contributed by atoms with Crippen LogP contribution in [0.1, 0.15) is 11.1 Å². The lowest BCUT2D eigenvalue weighted by molar-refractivity contribution is -0.120. The Labute approximate surface area is 179 Å². The van der Waals surface area contributed by atoms with E-state index in [9.17, 15) is 9.59 Å². The summed E-state index contributed by atoms with van der Waals surface area (Å²) in [6.45, 7) is 2.89. The third-order valence-electron chi connectivity index (χ3n) is 5.46. The van der Waals surface area contributed by atoms with Gasteiger partial charge in [-0.2, -0.15) is 0 Å². The van der Waals surface area contributed by atoms with E-state index in [0.717, 1.165) is 10.9 Å². The van der Waals surface area contributed by atoms with Crippen LogP contribution in [-0.2, 0) is 17.8 Å². The highest BCUT2D eigenvalue weighted by atomic mass is 16.5. The van der Waals surface area contributed by atoms with E-state index < -0.39 is 5.63 Å². The Kier molecular flexibility index (Phi) is 5.66. The summed E-state index contributed by atoms with van der Waals surface area (Å²) in [5.41, 5.74) is 1.93. The van der Waals surface area contributed by atoms with E-state index in [2.05, 4.69) is 16.0 Å². The molecule has 160 valence electrons. The standard InChI is InChI=1S/C24H24N2O5/c1-15-18(24(28)31-21-13-17(29-2)12-20(30-3)23(15)21)14-22(27)25-9-11-26-10-8-16-6-4-5-7-19(16)26/h4-8,10,12-13H,9,11,14H2,1-3H3,(H,25,27). The Morgan fingerprint density at radius 2 is 1.94 bits per heavy atom. The Bertz CT molecular complexity index is 1320. The third kappa shape index (κ3) is 3.99. The molecule has 0 aliphatic carbocycles. The molecule has 2 aromatic carbocycles. The normalized spacial score (nSPS) is 11.1. The van der Waals surface area contributed by atoms with E-state index in [4.69, 9.17) is 13.9 Å². The fraction of sp³-hybridized carbons (Fsp3) is 0.250. The summed E-state index contributed by atoms with van der Waals surface area (Å²) in [6, 6.07) is 13.5. The van der Waals surface area contributed by atoms with Crippen molar-refractivity contribution < 1.29 is 18.7 Å². The van der Waals surface area contributed by atoms with Crippen molar-refractivity contribution >= 4 is 27.8 Å². The lowest BCUT2D eigenvalue weighted by Crippen LogP contribution is -2.30. The van der Waals surface area contributed by atoms with Gasteiger partial charge in [0.15, 0.2) is 0 Å². The van der Waals surface area contributed by atoms with Gasteiger partial charge < -0.3 is 23.8 Å². The number of carbonyl (C=O) groups excluding carboxylic acids is 1. The van der Waals surface area contributed by atoms with Gasteiger partial charge in [0.25, 0.3) is 0 Å². The number of amides is 1. The Hall–Kier alpha value is -3.74. The molecule has 0 atom stereocenters. The average molecular weight is 420 g/mol. The van der Waals surface area contributed by atoms with Crippen LogP contribution in [0.2, 0.25) is 0 Å². The number of hydrogen-bond donors (Lipinski definition) is 1. The van der Waals surface area contributed by atoms with Crippen LogP contribution in [0.5, 0.6) is 11.5 Å². The zero-order valence-electron chi connectivity index (χ0n) is 17.7.